The zero-order valence-corrected chi connectivity index (χ0v) is 15.3. The van der Waals surface area contributed by atoms with Crippen molar-refractivity contribution in [2.45, 2.75) is 6.54 Å². The number of ether oxygens (including phenoxy) is 1. The molecule has 1 aliphatic rings. The van der Waals surface area contributed by atoms with E-state index in [4.69, 9.17) is 4.74 Å². The van der Waals surface area contributed by atoms with Crippen molar-refractivity contribution in [3.8, 4) is 5.75 Å². The van der Waals surface area contributed by atoms with E-state index in [9.17, 15) is 4.79 Å². The smallest absolute Gasteiger partial charge is 0.254 e. The van der Waals surface area contributed by atoms with Crippen LogP contribution in [0.1, 0.15) is 15.9 Å². The van der Waals surface area contributed by atoms with E-state index in [2.05, 4.69) is 45.1 Å². The highest BCUT2D eigenvalue weighted by Crippen LogP contribution is 2.17. The van der Waals surface area contributed by atoms with Crippen LogP contribution in [0.4, 0.5) is 0 Å². The van der Waals surface area contributed by atoms with E-state index in [0.717, 1.165) is 42.9 Å². The fraction of sp³-hybridized carbons (Fsp3) is 0.316. The molecule has 0 N–H and O–H groups in total. The maximum Gasteiger partial charge on any atom is 0.254 e. The Kier molecular flexibility index (Phi) is 5.53. The van der Waals surface area contributed by atoms with E-state index < -0.39 is 0 Å². The summed E-state index contributed by atoms with van der Waals surface area (Å²) in [4.78, 5) is 16.9. The van der Waals surface area contributed by atoms with Gasteiger partial charge in [0.25, 0.3) is 5.91 Å². The lowest BCUT2D eigenvalue weighted by atomic mass is 10.1. The van der Waals surface area contributed by atoms with Gasteiger partial charge < -0.3 is 9.64 Å². The predicted octanol–water partition coefficient (Wildman–Crippen LogP) is 3.42. The summed E-state index contributed by atoms with van der Waals surface area (Å²) in [6.07, 6.45) is 0. The molecule has 0 radical (unpaired) electrons. The van der Waals surface area contributed by atoms with Gasteiger partial charge in [-0.15, -0.1) is 0 Å². The Morgan fingerprint density at radius 1 is 1.08 bits per heavy atom. The number of methoxy groups -OCH3 is 1. The van der Waals surface area contributed by atoms with E-state index >= 15 is 0 Å². The van der Waals surface area contributed by atoms with Gasteiger partial charge in [0.15, 0.2) is 0 Å². The molecule has 5 heteroatoms. The first-order valence-corrected chi connectivity index (χ1v) is 8.85. The van der Waals surface area contributed by atoms with Crippen LogP contribution in [0.3, 0.4) is 0 Å². The third-order valence-electron chi connectivity index (χ3n) is 4.30. The maximum atomic E-state index is 12.6. The normalized spacial score (nSPS) is 15.3. The maximum absolute atomic E-state index is 12.6. The molecule has 0 bridgehead atoms. The second kappa shape index (κ2) is 7.81. The van der Waals surface area contributed by atoms with Crippen LogP contribution in [0.25, 0.3) is 0 Å². The van der Waals surface area contributed by atoms with Crippen molar-refractivity contribution in [2.75, 3.05) is 33.3 Å². The van der Waals surface area contributed by atoms with Crippen LogP contribution in [0, 0.1) is 0 Å². The second-order valence-corrected chi connectivity index (χ2v) is 6.84. The van der Waals surface area contributed by atoms with Crippen LogP contribution >= 0.6 is 15.9 Å². The number of carbonyl (C=O) groups is 1. The van der Waals surface area contributed by atoms with Crippen molar-refractivity contribution in [3.63, 3.8) is 0 Å². The number of halogens is 1. The molecule has 0 unspecified atom stereocenters. The summed E-state index contributed by atoms with van der Waals surface area (Å²) < 4.78 is 6.30. The molecule has 0 aromatic heterocycles. The zero-order chi connectivity index (χ0) is 16.9. The van der Waals surface area contributed by atoms with E-state index in [-0.39, 0.29) is 5.91 Å². The van der Waals surface area contributed by atoms with Crippen molar-refractivity contribution in [1.82, 2.24) is 9.80 Å². The average Bonchev–Trinajstić information content (AvgIpc) is 2.64. The van der Waals surface area contributed by atoms with Gasteiger partial charge in [-0.05, 0) is 35.9 Å². The van der Waals surface area contributed by atoms with Crippen molar-refractivity contribution >= 4 is 21.8 Å². The van der Waals surface area contributed by atoms with Gasteiger partial charge in [-0.25, -0.2) is 0 Å². The molecular weight excluding hydrogens is 368 g/mol. The van der Waals surface area contributed by atoms with Crippen molar-refractivity contribution < 1.29 is 9.53 Å². The van der Waals surface area contributed by atoms with Gasteiger partial charge in [-0.1, -0.05) is 34.1 Å². The minimum atomic E-state index is 0.0807. The number of carbonyl (C=O) groups excluding carboxylic acids is 1. The highest BCUT2D eigenvalue weighted by atomic mass is 79.9. The molecule has 126 valence electrons. The topological polar surface area (TPSA) is 32.8 Å². The lowest BCUT2D eigenvalue weighted by molar-refractivity contribution is 0.0628. The molecular formula is C19H21BrN2O2. The largest absolute Gasteiger partial charge is 0.497 e. The quantitative estimate of drug-likeness (QED) is 0.804. The molecule has 4 nitrogen and oxygen atoms in total. The molecule has 1 saturated heterocycles. The molecule has 1 heterocycles. The summed E-state index contributed by atoms with van der Waals surface area (Å²) in [7, 11) is 1.62. The summed E-state index contributed by atoms with van der Waals surface area (Å²) in [6.45, 7) is 4.23. The van der Waals surface area contributed by atoms with Crippen molar-refractivity contribution in [1.29, 1.82) is 0 Å². The number of hydrogen-bond acceptors (Lipinski definition) is 3. The van der Waals surface area contributed by atoms with Crippen LogP contribution in [0.5, 0.6) is 5.75 Å². The zero-order valence-electron chi connectivity index (χ0n) is 13.7. The molecule has 2 aromatic rings. The Balaban J connectivity index is 1.56. The number of hydrogen-bond donors (Lipinski definition) is 0. The van der Waals surface area contributed by atoms with Crippen LogP contribution in [-0.4, -0.2) is 49.0 Å². The SMILES string of the molecule is COc1cccc(C(=O)N2CCN(Cc3ccc(Br)cc3)CC2)c1. The first-order valence-electron chi connectivity index (χ1n) is 8.06. The summed E-state index contributed by atoms with van der Waals surface area (Å²) in [5.41, 5.74) is 1.99. The summed E-state index contributed by atoms with van der Waals surface area (Å²) >= 11 is 3.46. The van der Waals surface area contributed by atoms with Crippen LogP contribution in [0.15, 0.2) is 53.0 Å². The number of piperazine rings is 1. The minimum absolute atomic E-state index is 0.0807. The molecule has 0 saturated carbocycles. The van der Waals surface area contributed by atoms with Crippen LogP contribution in [0.2, 0.25) is 0 Å². The lowest BCUT2D eigenvalue weighted by Gasteiger charge is -2.34. The molecule has 1 fully saturated rings. The van der Waals surface area contributed by atoms with Gasteiger partial charge in [0.2, 0.25) is 0 Å². The molecule has 0 aliphatic carbocycles. The van der Waals surface area contributed by atoms with Crippen molar-refractivity contribution in [2.24, 2.45) is 0 Å². The Hall–Kier alpha value is -1.85. The molecule has 0 spiro atoms. The third kappa shape index (κ3) is 4.16. The molecule has 0 atom stereocenters. The van der Waals surface area contributed by atoms with Gasteiger partial charge in [0.1, 0.15) is 5.75 Å². The van der Waals surface area contributed by atoms with E-state index in [0.29, 0.717) is 5.56 Å². The van der Waals surface area contributed by atoms with Gasteiger partial charge in [0, 0.05) is 42.8 Å². The van der Waals surface area contributed by atoms with Crippen LogP contribution in [-0.2, 0) is 6.54 Å². The summed E-state index contributed by atoms with van der Waals surface area (Å²) in [5, 5.41) is 0. The Morgan fingerprint density at radius 2 is 1.79 bits per heavy atom. The third-order valence-corrected chi connectivity index (χ3v) is 4.82. The van der Waals surface area contributed by atoms with E-state index in [1.165, 1.54) is 5.56 Å². The first-order chi connectivity index (χ1) is 11.7. The highest BCUT2D eigenvalue weighted by molar-refractivity contribution is 9.10. The Labute approximate surface area is 151 Å². The van der Waals surface area contributed by atoms with Gasteiger partial charge in [-0.2, -0.15) is 0 Å². The van der Waals surface area contributed by atoms with Gasteiger partial charge in [-0.3, -0.25) is 9.69 Å². The molecule has 1 amide bonds. The van der Waals surface area contributed by atoms with Gasteiger partial charge in [0.05, 0.1) is 7.11 Å². The van der Waals surface area contributed by atoms with Crippen molar-refractivity contribution in [3.05, 3.63) is 64.1 Å². The second-order valence-electron chi connectivity index (χ2n) is 5.93. The number of benzene rings is 2. The lowest BCUT2D eigenvalue weighted by Crippen LogP contribution is -2.48. The molecule has 1 aliphatic heterocycles. The van der Waals surface area contributed by atoms with Crippen LogP contribution < -0.4 is 4.74 Å². The molecule has 24 heavy (non-hydrogen) atoms. The minimum Gasteiger partial charge on any atom is -0.497 e. The average molecular weight is 389 g/mol. The van der Waals surface area contributed by atoms with E-state index in [1.807, 2.05) is 23.1 Å². The Morgan fingerprint density at radius 3 is 2.46 bits per heavy atom. The van der Waals surface area contributed by atoms with E-state index in [1.54, 1.807) is 13.2 Å². The summed E-state index contributed by atoms with van der Waals surface area (Å²) in [5.74, 6) is 0.798. The predicted molar refractivity (Wildman–Crippen MR) is 98.3 cm³/mol. The standard InChI is InChI=1S/C19H21BrN2O2/c1-24-18-4-2-3-16(13-18)19(23)22-11-9-21(10-12-22)14-15-5-7-17(20)8-6-15/h2-8,13H,9-12,14H2,1H3. The first kappa shape index (κ1) is 17.0. The Bertz CT molecular complexity index is 695. The molecule has 3 rings (SSSR count). The fourth-order valence-corrected chi connectivity index (χ4v) is 3.16. The number of rotatable bonds is 4. The highest BCUT2D eigenvalue weighted by Gasteiger charge is 2.22. The fourth-order valence-electron chi connectivity index (χ4n) is 2.90. The number of nitrogens with zero attached hydrogens (tertiary/aromatic N) is 2. The number of amides is 1. The molecule has 2 aromatic carbocycles. The van der Waals surface area contributed by atoms with Gasteiger partial charge >= 0.3 is 0 Å². The summed E-state index contributed by atoms with van der Waals surface area (Å²) in [6, 6.07) is 15.8. The monoisotopic (exact) mass is 388 g/mol.